The summed E-state index contributed by atoms with van der Waals surface area (Å²) in [5.74, 6) is 0. The first-order chi connectivity index (χ1) is 28.7. The second-order valence-corrected chi connectivity index (χ2v) is 17.4. The van der Waals surface area contributed by atoms with Gasteiger partial charge in [0.1, 0.15) is 0 Å². The minimum Gasteiger partial charge on any atom is -0.662 e. The molecule has 0 aromatic heterocycles. The van der Waals surface area contributed by atoms with Crippen LogP contribution >= 0.6 is 0 Å². The largest absolute Gasteiger partial charge is 3.00 e. The molecule has 5 heteroatoms. The van der Waals surface area contributed by atoms with Gasteiger partial charge in [-0.15, -0.1) is 39.3 Å². The van der Waals surface area contributed by atoms with Crippen molar-refractivity contribution in [2.45, 2.75) is 305 Å². The minimum atomic E-state index is 0. The molecule has 0 bridgehead atoms. The molecule has 0 fully saturated rings. The van der Waals surface area contributed by atoms with Crippen molar-refractivity contribution < 1.29 is 26.8 Å². The average molecular weight is 871 g/mol. The smallest absolute Gasteiger partial charge is 0.662 e. The van der Waals surface area contributed by atoms with Crippen LogP contribution in [0.25, 0.3) is 16.0 Å². The molecule has 59 heavy (non-hydrogen) atoms. The van der Waals surface area contributed by atoms with Crippen LogP contribution in [0.1, 0.15) is 305 Å². The van der Waals surface area contributed by atoms with E-state index in [-0.39, 0.29) is 21.7 Å². The SMILES string of the molecule is CCCCCCCC[N-]CCCCCCCC.CCCCCCCC[N-]CCCCCCCC.CCCCCCCC[N-]CCCCCCCC.CCCCCCO.[Ti+3]. The summed E-state index contributed by atoms with van der Waals surface area (Å²) in [5, 5.41) is 22.1. The molecule has 0 spiro atoms. The predicted molar refractivity (Wildman–Crippen MR) is 271 cm³/mol. The van der Waals surface area contributed by atoms with Gasteiger partial charge >= 0.3 is 21.7 Å². The number of hydrogen-bond acceptors (Lipinski definition) is 1. The molecular weight excluding hydrogens is 754 g/mol. The first-order valence-corrected chi connectivity index (χ1v) is 27.2. The molecule has 357 valence electrons. The quantitative estimate of drug-likeness (QED) is 0.0481. The molecule has 4 nitrogen and oxygen atoms in total. The number of nitrogens with zero attached hydrogens (tertiary/aromatic N) is 3. The molecule has 0 aromatic rings. The van der Waals surface area contributed by atoms with Gasteiger partial charge in [0.05, 0.1) is 0 Å². The van der Waals surface area contributed by atoms with Crippen LogP contribution in [-0.4, -0.2) is 51.0 Å². The Balaban J connectivity index is -0.000000226. The van der Waals surface area contributed by atoms with Crippen molar-refractivity contribution in [2.75, 3.05) is 45.9 Å². The monoisotopic (exact) mass is 871 g/mol. The summed E-state index contributed by atoms with van der Waals surface area (Å²) < 4.78 is 0. The molecule has 0 saturated heterocycles. The van der Waals surface area contributed by atoms with Crippen LogP contribution in [0.15, 0.2) is 0 Å². The summed E-state index contributed by atoms with van der Waals surface area (Å²) in [6.07, 6.45) is 54.5. The van der Waals surface area contributed by atoms with E-state index in [0.29, 0.717) is 6.61 Å². The zero-order valence-corrected chi connectivity index (χ0v) is 44.1. The molecule has 0 unspecified atom stereocenters. The van der Waals surface area contributed by atoms with Crippen LogP contribution in [0, 0.1) is 0 Å². The Morgan fingerprint density at radius 3 is 0.492 bits per heavy atom. The van der Waals surface area contributed by atoms with Gasteiger partial charge in [-0.05, 0) is 6.42 Å². The van der Waals surface area contributed by atoms with E-state index >= 15 is 0 Å². The van der Waals surface area contributed by atoms with E-state index < -0.39 is 0 Å². The topological polar surface area (TPSA) is 62.5 Å². The fraction of sp³-hybridized carbons (Fsp3) is 1.00. The summed E-state index contributed by atoms with van der Waals surface area (Å²) in [4.78, 5) is 0. The third-order valence-corrected chi connectivity index (χ3v) is 11.0. The Labute approximate surface area is 392 Å². The summed E-state index contributed by atoms with van der Waals surface area (Å²) in [7, 11) is 0. The van der Waals surface area contributed by atoms with E-state index in [1.807, 2.05) is 0 Å². The molecule has 0 aliphatic heterocycles. The summed E-state index contributed by atoms with van der Waals surface area (Å²) in [5.41, 5.74) is 0. The van der Waals surface area contributed by atoms with Crippen LogP contribution in [0.2, 0.25) is 0 Å². The summed E-state index contributed by atoms with van der Waals surface area (Å²) in [6, 6.07) is 0. The Hall–Kier alpha value is 0.554. The van der Waals surface area contributed by atoms with Crippen molar-refractivity contribution in [3.63, 3.8) is 0 Å². The van der Waals surface area contributed by atoms with E-state index in [1.165, 1.54) is 250 Å². The third kappa shape index (κ3) is 86.4. The summed E-state index contributed by atoms with van der Waals surface area (Å²) in [6.45, 7) is 22.8. The van der Waals surface area contributed by atoms with Gasteiger partial charge < -0.3 is 21.1 Å². The molecule has 0 rings (SSSR count). The molecule has 0 aliphatic carbocycles. The van der Waals surface area contributed by atoms with Crippen molar-refractivity contribution in [3.05, 3.63) is 16.0 Å². The molecule has 0 aromatic carbocycles. The molecule has 0 atom stereocenters. The van der Waals surface area contributed by atoms with Crippen LogP contribution in [0.4, 0.5) is 0 Å². The third-order valence-electron chi connectivity index (χ3n) is 11.0. The van der Waals surface area contributed by atoms with Crippen LogP contribution in [0.3, 0.4) is 0 Å². The number of rotatable bonds is 46. The summed E-state index contributed by atoms with van der Waals surface area (Å²) >= 11 is 0. The van der Waals surface area contributed by atoms with Gasteiger partial charge in [0.25, 0.3) is 0 Å². The molecule has 0 aliphatic rings. The zero-order chi connectivity index (χ0) is 43.4. The van der Waals surface area contributed by atoms with Gasteiger partial charge in [0.15, 0.2) is 0 Å². The Kier molecular flexibility index (Phi) is 88.3. The maximum atomic E-state index is 8.29. The maximum Gasteiger partial charge on any atom is 3.00 e. The number of hydrogen-bond donors (Lipinski definition) is 1. The molecule has 1 N–H and O–H groups in total. The van der Waals surface area contributed by atoms with E-state index in [9.17, 15) is 0 Å². The first kappa shape index (κ1) is 68.6. The second kappa shape index (κ2) is 75.9. The van der Waals surface area contributed by atoms with Gasteiger partial charge in [0.2, 0.25) is 0 Å². The average Bonchev–Trinajstić information content (AvgIpc) is 3.24. The van der Waals surface area contributed by atoms with Gasteiger partial charge in [-0.1, -0.05) is 299 Å². The van der Waals surface area contributed by atoms with Crippen molar-refractivity contribution in [1.82, 2.24) is 0 Å². The van der Waals surface area contributed by atoms with Crippen LogP contribution in [0.5, 0.6) is 0 Å². The number of unbranched alkanes of at least 4 members (excludes halogenated alkanes) is 33. The standard InChI is InChI=1S/3C16H34N.C6H14O.Ti/c3*1-3-5-7-9-11-13-15-17-16-14-12-10-8-6-4-2;1-2-3-4-5-6-7;/h3*3-16H2,1-2H3;7H,2-6H2,1H3;/q3*-1;;+3. The molecule has 0 amide bonds. The number of aliphatic hydroxyl groups excluding tert-OH is 1. The Morgan fingerprint density at radius 1 is 0.203 bits per heavy atom. The van der Waals surface area contributed by atoms with Gasteiger partial charge in [-0.25, -0.2) is 0 Å². The molecule has 1 radical (unpaired) electrons. The fourth-order valence-electron chi connectivity index (χ4n) is 6.90. The molecule has 0 heterocycles. The minimum absolute atomic E-state index is 0. The molecular formula is C54H116N3OTi. The van der Waals surface area contributed by atoms with Gasteiger partial charge in [-0.3, -0.25) is 0 Å². The van der Waals surface area contributed by atoms with E-state index in [1.54, 1.807) is 0 Å². The van der Waals surface area contributed by atoms with Crippen molar-refractivity contribution in [1.29, 1.82) is 0 Å². The normalized spacial score (nSPS) is 10.6. The van der Waals surface area contributed by atoms with Crippen molar-refractivity contribution >= 4 is 0 Å². The number of aliphatic hydroxyl groups is 1. The zero-order valence-electron chi connectivity index (χ0n) is 42.5. The van der Waals surface area contributed by atoms with E-state index in [2.05, 4.69) is 64.4 Å². The van der Waals surface area contributed by atoms with Gasteiger partial charge in [0, 0.05) is 6.61 Å². The predicted octanol–water partition coefficient (Wildman–Crippen LogP) is 19.8. The fourth-order valence-corrected chi connectivity index (χ4v) is 6.90. The van der Waals surface area contributed by atoms with Gasteiger partial charge in [-0.2, -0.15) is 0 Å². The van der Waals surface area contributed by atoms with E-state index in [4.69, 9.17) is 5.11 Å². The van der Waals surface area contributed by atoms with Crippen molar-refractivity contribution in [2.24, 2.45) is 0 Å². The molecule has 0 saturated carbocycles. The van der Waals surface area contributed by atoms with Crippen LogP contribution in [-0.2, 0) is 21.7 Å². The van der Waals surface area contributed by atoms with E-state index in [0.717, 1.165) is 45.7 Å². The Bertz CT molecular complexity index is 479. The Morgan fingerprint density at radius 2 is 0.339 bits per heavy atom. The van der Waals surface area contributed by atoms with Crippen molar-refractivity contribution in [3.8, 4) is 0 Å². The van der Waals surface area contributed by atoms with Crippen LogP contribution < -0.4 is 0 Å². The first-order valence-electron chi connectivity index (χ1n) is 27.2. The maximum absolute atomic E-state index is 8.29. The second-order valence-electron chi connectivity index (χ2n) is 17.4.